The summed E-state index contributed by atoms with van der Waals surface area (Å²) in [5, 5.41) is 3.68. The number of nitrogens with zero attached hydrogens (tertiary/aromatic N) is 1. The van der Waals surface area contributed by atoms with Crippen molar-refractivity contribution >= 4 is 0 Å². The fourth-order valence-electron chi connectivity index (χ4n) is 4.10. The molecule has 110 valence electrons. The number of benzene rings is 1. The van der Waals surface area contributed by atoms with Crippen molar-refractivity contribution in [3.05, 3.63) is 35.4 Å². The zero-order valence-electron chi connectivity index (χ0n) is 12.9. The van der Waals surface area contributed by atoms with Crippen LogP contribution in [0.1, 0.15) is 50.2 Å². The van der Waals surface area contributed by atoms with Gasteiger partial charge in [-0.2, -0.15) is 0 Å². The van der Waals surface area contributed by atoms with E-state index in [1.165, 1.54) is 43.2 Å². The topological polar surface area (TPSA) is 15.3 Å². The Bertz CT molecular complexity index is 412. The summed E-state index contributed by atoms with van der Waals surface area (Å²) in [6.45, 7) is 6.66. The van der Waals surface area contributed by atoms with Gasteiger partial charge >= 0.3 is 0 Å². The van der Waals surface area contributed by atoms with Crippen LogP contribution in [0.2, 0.25) is 0 Å². The predicted molar refractivity (Wildman–Crippen MR) is 84.8 cm³/mol. The highest BCUT2D eigenvalue weighted by Gasteiger charge is 2.37. The monoisotopic (exact) mass is 272 g/mol. The van der Waals surface area contributed by atoms with Crippen molar-refractivity contribution in [1.82, 2.24) is 10.2 Å². The number of fused-ring (bicyclic) bond motifs is 2. The molecule has 0 saturated carbocycles. The standard InChI is InChI=1S/C18H28N2/c1-3-19-16-11-17-5-4-6-18(12-16)20(17)13-15-9-7-14(2)8-10-15/h7-10,16-19H,3-6,11-13H2,1-2H3. The van der Waals surface area contributed by atoms with Crippen LogP contribution in [0.25, 0.3) is 0 Å². The minimum absolute atomic E-state index is 0.754. The third-order valence-electron chi connectivity index (χ3n) is 5.10. The van der Waals surface area contributed by atoms with Gasteiger partial charge in [-0.25, -0.2) is 0 Å². The molecule has 0 aromatic heterocycles. The van der Waals surface area contributed by atoms with E-state index in [2.05, 4.69) is 48.3 Å². The largest absolute Gasteiger partial charge is 0.314 e. The summed E-state index contributed by atoms with van der Waals surface area (Å²) in [6, 6.07) is 11.5. The van der Waals surface area contributed by atoms with Gasteiger partial charge in [-0.1, -0.05) is 43.2 Å². The van der Waals surface area contributed by atoms with Gasteiger partial charge in [0.15, 0.2) is 0 Å². The normalized spacial score (nSPS) is 30.4. The Balaban J connectivity index is 1.68. The van der Waals surface area contributed by atoms with Crippen LogP contribution in [0.5, 0.6) is 0 Å². The van der Waals surface area contributed by atoms with Gasteiger partial charge in [-0.15, -0.1) is 0 Å². The molecule has 1 aromatic rings. The molecule has 3 rings (SSSR count). The van der Waals surface area contributed by atoms with Crippen molar-refractivity contribution in [3.8, 4) is 0 Å². The van der Waals surface area contributed by atoms with Gasteiger partial charge in [0.2, 0.25) is 0 Å². The van der Waals surface area contributed by atoms with Crippen LogP contribution in [0.3, 0.4) is 0 Å². The van der Waals surface area contributed by atoms with Crippen LogP contribution in [0, 0.1) is 6.92 Å². The number of nitrogens with one attached hydrogen (secondary N) is 1. The molecule has 2 fully saturated rings. The Morgan fingerprint density at radius 2 is 1.75 bits per heavy atom. The second-order valence-electron chi connectivity index (χ2n) is 6.62. The van der Waals surface area contributed by atoms with Crippen LogP contribution < -0.4 is 5.32 Å². The molecule has 2 aliphatic rings. The fourth-order valence-corrected chi connectivity index (χ4v) is 4.10. The summed E-state index contributed by atoms with van der Waals surface area (Å²) in [5.74, 6) is 0. The van der Waals surface area contributed by atoms with Crippen molar-refractivity contribution in [2.24, 2.45) is 0 Å². The van der Waals surface area contributed by atoms with Crippen LogP contribution in [-0.4, -0.2) is 29.6 Å². The van der Waals surface area contributed by atoms with Gasteiger partial charge in [0, 0.05) is 24.7 Å². The quantitative estimate of drug-likeness (QED) is 0.902. The van der Waals surface area contributed by atoms with Crippen molar-refractivity contribution in [2.45, 2.75) is 70.6 Å². The highest BCUT2D eigenvalue weighted by atomic mass is 15.2. The Kier molecular flexibility index (Phi) is 4.42. The van der Waals surface area contributed by atoms with Gasteiger partial charge in [-0.05, 0) is 44.7 Å². The first kappa shape index (κ1) is 14.1. The minimum Gasteiger partial charge on any atom is -0.314 e. The number of aryl methyl sites for hydroxylation is 1. The molecular formula is C18H28N2. The maximum absolute atomic E-state index is 3.68. The molecule has 20 heavy (non-hydrogen) atoms. The maximum atomic E-state index is 3.68. The molecule has 2 nitrogen and oxygen atoms in total. The van der Waals surface area contributed by atoms with E-state index in [4.69, 9.17) is 0 Å². The Labute approximate surface area is 123 Å². The average molecular weight is 272 g/mol. The summed E-state index contributed by atoms with van der Waals surface area (Å²) in [5.41, 5.74) is 2.84. The zero-order chi connectivity index (χ0) is 13.9. The van der Waals surface area contributed by atoms with Gasteiger partial charge < -0.3 is 5.32 Å². The molecule has 2 atom stereocenters. The van der Waals surface area contributed by atoms with E-state index >= 15 is 0 Å². The molecule has 0 aliphatic carbocycles. The lowest BCUT2D eigenvalue weighted by Crippen LogP contribution is -2.55. The Morgan fingerprint density at radius 1 is 1.10 bits per heavy atom. The number of rotatable bonds is 4. The van der Waals surface area contributed by atoms with E-state index in [1.807, 2.05) is 0 Å². The van der Waals surface area contributed by atoms with Crippen molar-refractivity contribution < 1.29 is 0 Å². The number of hydrogen-bond donors (Lipinski definition) is 1. The lowest BCUT2D eigenvalue weighted by Gasteiger charge is -2.49. The van der Waals surface area contributed by atoms with E-state index in [1.54, 1.807) is 0 Å². The van der Waals surface area contributed by atoms with Gasteiger partial charge in [0.25, 0.3) is 0 Å². The van der Waals surface area contributed by atoms with Crippen LogP contribution >= 0.6 is 0 Å². The minimum atomic E-state index is 0.754. The number of hydrogen-bond acceptors (Lipinski definition) is 2. The van der Waals surface area contributed by atoms with E-state index < -0.39 is 0 Å². The molecule has 2 unspecified atom stereocenters. The van der Waals surface area contributed by atoms with Crippen LogP contribution in [0.4, 0.5) is 0 Å². The van der Waals surface area contributed by atoms with Crippen molar-refractivity contribution in [3.63, 3.8) is 0 Å². The summed E-state index contributed by atoms with van der Waals surface area (Å²) in [6.07, 6.45) is 6.90. The molecule has 2 heteroatoms. The van der Waals surface area contributed by atoms with E-state index in [-0.39, 0.29) is 0 Å². The van der Waals surface area contributed by atoms with Crippen molar-refractivity contribution in [1.29, 1.82) is 0 Å². The molecule has 0 amide bonds. The van der Waals surface area contributed by atoms with Crippen LogP contribution in [-0.2, 0) is 6.54 Å². The Hall–Kier alpha value is -0.860. The van der Waals surface area contributed by atoms with Crippen molar-refractivity contribution in [2.75, 3.05) is 6.54 Å². The highest BCUT2D eigenvalue weighted by molar-refractivity contribution is 5.21. The molecule has 2 heterocycles. The molecule has 2 bridgehead atoms. The molecule has 2 saturated heterocycles. The summed E-state index contributed by atoms with van der Waals surface area (Å²) >= 11 is 0. The highest BCUT2D eigenvalue weighted by Crippen LogP contribution is 2.35. The predicted octanol–water partition coefficient (Wildman–Crippen LogP) is 3.49. The second-order valence-corrected chi connectivity index (χ2v) is 6.62. The first-order valence-electron chi connectivity index (χ1n) is 8.31. The maximum Gasteiger partial charge on any atom is 0.0239 e. The molecule has 2 aliphatic heterocycles. The zero-order valence-corrected chi connectivity index (χ0v) is 12.9. The molecule has 1 aromatic carbocycles. The first-order valence-corrected chi connectivity index (χ1v) is 8.31. The molecule has 0 spiro atoms. The third-order valence-corrected chi connectivity index (χ3v) is 5.10. The van der Waals surface area contributed by atoms with E-state index in [0.717, 1.165) is 31.2 Å². The third kappa shape index (κ3) is 3.07. The van der Waals surface area contributed by atoms with Gasteiger partial charge in [0.1, 0.15) is 0 Å². The second kappa shape index (κ2) is 6.28. The Morgan fingerprint density at radius 3 is 2.35 bits per heavy atom. The lowest BCUT2D eigenvalue weighted by molar-refractivity contribution is 0.0180. The summed E-state index contributed by atoms with van der Waals surface area (Å²) < 4.78 is 0. The summed E-state index contributed by atoms with van der Waals surface area (Å²) in [7, 11) is 0. The fraction of sp³-hybridized carbons (Fsp3) is 0.667. The van der Waals surface area contributed by atoms with Gasteiger partial charge in [0.05, 0.1) is 0 Å². The molecule has 0 radical (unpaired) electrons. The van der Waals surface area contributed by atoms with Gasteiger partial charge in [-0.3, -0.25) is 4.90 Å². The molecular weight excluding hydrogens is 244 g/mol. The van der Waals surface area contributed by atoms with E-state index in [9.17, 15) is 0 Å². The van der Waals surface area contributed by atoms with Crippen LogP contribution in [0.15, 0.2) is 24.3 Å². The first-order chi connectivity index (χ1) is 9.76. The summed E-state index contributed by atoms with van der Waals surface area (Å²) in [4.78, 5) is 2.79. The average Bonchev–Trinajstić information content (AvgIpc) is 2.42. The lowest BCUT2D eigenvalue weighted by atomic mass is 9.81. The smallest absolute Gasteiger partial charge is 0.0239 e. The SMILES string of the molecule is CCNC1CC2CCCC(C1)N2Cc1ccc(C)cc1. The number of piperidine rings is 2. The molecule has 1 N–H and O–H groups in total. The van der Waals surface area contributed by atoms with E-state index in [0.29, 0.717) is 0 Å².